The first-order valence-corrected chi connectivity index (χ1v) is 6.90. The van der Waals surface area contributed by atoms with Crippen LogP contribution in [0.2, 0.25) is 0 Å². The second-order valence-electron chi connectivity index (χ2n) is 4.49. The van der Waals surface area contributed by atoms with Crippen molar-refractivity contribution in [1.29, 1.82) is 0 Å². The number of aromatic amines is 1. The van der Waals surface area contributed by atoms with Crippen LogP contribution in [-0.4, -0.2) is 28.5 Å². The molecule has 0 spiro atoms. The van der Waals surface area contributed by atoms with Crippen molar-refractivity contribution in [3.05, 3.63) is 35.1 Å². The molecule has 5 heteroatoms. The zero-order valence-corrected chi connectivity index (χ0v) is 12.1. The van der Waals surface area contributed by atoms with Gasteiger partial charge in [-0.25, -0.2) is 0 Å². The number of hydrogen-bond acceptors (Lipinski definition) is 3. The highest BCUT2D eigenvalue weighted by atomic mass is 32.1. The standard InChI is InChI=1S/C14H19N3OS/c1-3-7-12(10-18-2)17-13(15-16-14(17)19)11-8-5-4-6-9-11/h4-6,8-9,12H,3,7,10H2,1-2H3,(H,16,19). The number of methoxy groups -OCH3 is 1. The molecule has 1 atom stereocenters. The minimum absolute atomic E-state index is 0.219. The number of rotatable bonds is 6. The van der Waals surface area contributed by atoms with Crippen LogP contribution in [-0.2, 0) is 4.74 Å². The van der Waals surface area contributed by atoms with Crippen molar-refractivity contribution in [2.24, 2.45) is 0 Å². The predicted octanol–water partition coefficient (Wildman–Crippen LogP) is 3.60. The summed E-state index contributed by atoms with van der Waals surface area (Å²) < 4.78 is 8.03. The second kappa shape index (κ2) is 6.63. The Hall–Kier alpha value is -1.46. The molecule has 0 fully saturated rings. The summed E-state index contributed by atoms with van der Waals surface area (Å²) in [7, 11) is 1.72. The molecule has 1 heterocycles. The van der Waals surface area contributed by atoms with Gasteiger partial charge < -0.3 is 4.74 Å². The molecular weight excluding hydrogens is 258 g/mol. The Morgan fingerprint density at radius 2 is 2.11 bits per heavy atom. The number of nitrogens with one attached hydrogen (secondary N) is 1. The van der Waals surface area contributed by atoms with Gasteiger partial charge in [-0.2, -0.15) is 5.10 Å². The monoisotopic (exact) mass is 277 g/mol. The van der Waals surface area contributed by atoms with Crippen molar-refractivity contribution >= 4 is 12.2 Å². The van der Waals surface area contributed by atoms with Crippen LogP contribution < -0.4 is 0 Å². The Balaban J connectivity index is 2.44. The summed E-state index contributed by atoms with van der Waals surface area (Å²) in [6, 6.07) is 10.3. The number of H-pyrrole nitrogens is 1. The van der Waals surface area contributed by atoms with E-state index in [0.717, 1.165) is 24.2 Å². The van der Waals surface area contributed by atoms with E-state index in [4.69, 9.17) is 17.0 Å². The Morgan fingerprint density at radius 1 is 1.37 bits per heavy atom. The lowest BCUT2D eigenvalue weighted by atomic mass is 10.1. The Bertz CT molecular complexity index is 556. The Morgan fingerprint density at radius 3 is 2.74 bits per heavy atom. The van der Waals surface area contributed by atoms with Gasteiger partial charge in [-0.1, -0.05) is 43.7 Å². The van der Waals surface area contributed by atoms with Gasteiger partial charge in [0.2, 0.25) is 0 Å². The van der Waals surface area contributed by atoms with E-state index in [2.05, 4.69) is 21.7 Å². The zero-order chi connectivity index (χ0) is 13.7. The first-order valence-electron chi connectivity index (χ1n) is 6.49. The number of benzene rings is 1. The zero-order valence-electron chi connectivity index (χ0n) is 11.3. The maximum absolute atomic E-state index is 5.37. The smallest absolute Gasteiger partial charge is 0.195 e. The van der Waals surface area contributed by atoms with Gasteiger partial charge in [0.25, 0.3) is 0 Å². The van der Waals surface area contributed by atoms with Crippen LogP contribution in [0.4, 0.5) is 0 Å². The molecule has 19 heavy (non-hydrogen) atoms. The number of nitrogens with zero attached hydrogens (tertiary/aromatic N) is 2. The van der Waals surface area contributed by atoms with E-state index in [-0.39, 0.29) is 6.04 Å². The van der Waals surface area contributed by atoms with Gasteiger partial charge in [0.15, 0.2) is 10.6 Å². The highest BCUT2D eigenvalue weighted by Gasteiger charge is 2.17. The minimum atomic E-state index is 0.219. The van der Waals surface area contributed by atoms with E-state index >= 15 is 0 Å². The van der Waals surface area contributed by atoms with Gasteiger partial charge in [-0.3, -0.25) is 9.67 Å². The molecule has 4 nitrogen and oxygen atoms in total. The van der Waals surface area contributed by atoms with Crippen LogP contribution in [0.15, 0.2) is 30.3 Å². The SMILES string of the molecule is CCCC(COC)n1c(-c2ccccc2)n[nH]c1=S. The van der Waals surface area contributed by atoms with Gasteiger partial charge in [0.1, 0.15) is 0 Å². The van der Waals surface area contributed by atoms with Gasteiger partial charge >= 0.3 is 0 Å². The molecule has 102 valence electrons. The number of aromatic nitrogens is 3. The molecule has 0 aliphatic heterocycles. The topological polar surface area (TPSA) is 42.8 Å². The van der Waals surface area contributed by atoms with Crippen molar-refractivity contribution in [3.63, 3.8) is 0 Å². The summed E-state index contributed by atoms with van der Waals surface area (Å²) in [4.78, 5) is 0. The Labute approximate surface area is 118 Å². The average Bonchev–Trinajstić information content (AvgIpc) is 2.81. The molecule has 0 saturated carbocycles. The predicted molar refractivity (Wildman–Crippen MR) is 78.7 cm³/mol. The van der Waals surface area contributed by atoms with Crippen LogP contribution in [0.1, 0.15) is 25.8 Å². The van der Waals surface area contributed by atoms with Crippen LogP contribution in [0.3, 0.4) is 0 Å². The van der Waals surface area contributed by atoms with Crippen molar-refractivity contribution in [1.82, 2.24) is 14.8 Å². The van der Waals surface area contributed by atoms with Gasteiger partial charge in [0, 0.05) is 12.7 Å². The summed E-state index contributed by atoms with van der Waals surface area (Å²) in [6.45, 7) is 2.80. The third kappa shape index (κ3) is 3.11. The van der Waals surface area contributed by atoms with Gasteiger partial charge in [0.05, 0.1) is 12.6 Å². The summed E-state index contributed by atoms with van der Waals surface area (Å²) >= 11 is 5.37. The second-order valence-corrected chi connectivity index (χ2v) is 4.87. The van der Waals surface area contributed by atoms with Gasteiger partial charge in [-0.05, 0) is 18.6 Å². The number of ether oxygens (including phenoxy) is 1. The molecule has 2 rings (SSSR count). The fraction of sp³-hybridized carbons (Fsp3) is 0.429. The highest BCUT2D eigenvalue weighted by molar-refractivity contribution is 7.71. The third-order valence-electron chi connectivity index (χ3n) is 3.08. The van der Waals surface area contributed by atoms with Gasteiger partial charge in [-0.15, -0.1) is 0 Å². The van der Waals surface area contributed by atoms with Crippen LogP contribution in [0, 0.1) is 4.77 Å². The van der Waals surface area contributed by atoms with E-state index in [1.165, 1.54) is 0 Å². The van der Waals surface area contributed by atoms with E-state index in [9.17, 15) is 0 Å². The fourth-order valence-electron chi connectivity index (χ4n) is 2.25. The quantitative estimate of drug-likeness (QED) is 0.820. The fourth-order valence-corrected chi connectivity index (χ4v) is 2.53. The molecule has 1 unspecified atom stereocenters. The van der Waals surface area contributed by atoms with Crippen molar-refractivity contribution in [2.75, 3.05) is 13.7 Å². The molecule has 2 aromatic rings. The summed E-state index contributed by atoms with van der Waals surface area (Å²) in [6.07, 6.45) is 2.09. The maximum Gasteiger partial charge on any atom is 0.195 e. The van der Waals surface area contributed by atoms with E-state index in [1.54, 1.807) is 7.11 Å². The van der Waals surface area contributed by atoms with Crippen LogP contribution >= 0.6 is 12.2 Å². The van der Waals surface area contributed by atoms with Crippen molar-refractivity contribution in [2.45, 2.75) is 25.8 Å². The van der Waals surface area contributed by atoms with Crippen molar-refractivity contribution in [3.8, 4) is 11.4 Å². The lowest BCUT2D eigenvalue weighted by molar-refractivity contribution is 0.150. The molecule has 0 aliphatic rings. The molecular formula is C14H19N3OS. The maximum atomic E-state index is 5.37. The summed E-state index contributed by atoms with van der Waals surface area (Å²) in [5, 5.41) is 7.25. The molecule has 0 radical (unpaired) electrons. The molecule has 0 aliphatic carbocycles. The minimum Gasteiger partial charge on any atom is -0.383 e. The molecule has 1 aromatic carbocycles. The lowest BCUT2D eigenvalue weighted by Gasteiger charge is -2.18. The molecule has 0 bridgehead atoms. The molecule has 0 amide bonds. The molecule has 0 saturated heterocycles. The van der Waals surface area contributed by atoms with E-state index in [0.29, 0.717) is 11.4 Å². The van der Waals surface area contributed by atoms with Crippen molar-refractivity contribution < 1.29 is 4.74 Å². The largest absolute Gasteiger partial charge is 0.383 e. The molecule has 1 aromatic heterocycles. The normalized spacial score (nSPS) is 12.5. The first-order chi connectivity index (χ1) is 9.27. The van der Waals surface area contributed by atoms with E-state index in [1.807, 2.05) is 30.3 Å². The average molecular weight is 277 g/mol. The Kier molecular flexibility index (Phi) is 4.87. The third-order valence-corrected chi connectivity index (χ3v) is 3.37. The van der Waals surface area contributed by atoms with Crippen LogP contribution in [0.25, 0.3) is 11.4 Å². The van der Waals surface area contributed by atoms with E-state index < -0.39 is 0 Å². The lowest BCUT2D eigenvalue weighted by Crippen LogP contribution is -2.16. The summed E-state index contributed by atoms with van der Waals surface area (Å²) in [5.41, 5.74) is 1.06. The van der Waals surface area contributed by atoms with Crippen LogP contribution in [0.5, 0.6) is 0 Å². The molecule has 1 N–H and O–H groups in total. The summed E-state index contributed by atoms with van der Waals surface area (Å²) in [5.74, 6) is 0.876. The highest BCUT2D eigenvalue weighted by Crippen LogP contribution is 2.23. The first kappa shape index (κ1) is 14.0. The number of hydrogen-bond donors (Lipinski definition) is 1.